The number of hydrazine groups is 1. The number of amides is 1. The summed E-state index contributed by atoms with van der Waals surface area (Å²) in [5.41, 5.74) is -0.00658. The Bertz CT molecular complexity index is 770. The molecule has 0 saturated carbocycles. The van der Waals surface area contributed by atoms with Gasteiger partial charge in [-0.3, -0.25) is 10.2 Å². The van der Waals surface area contributed by atoms with E-state index in [9.17, 15) is 18.0 Å². The Balaban J connectivity index is 1.84. The number of halogens is 4. The molecule has 132 valence electrons. The van der Waals surface area contributed by atoms with Crippen LogP contribution in [0.1, 0.15) is 15.9 Å². The number of carbonyl (C=O) groups excluding carboxylic acids is 1. The lowest BCUT2D eigenvalue weighted by molar-refractivity contribution is -0.264. The van der Waals surface area contributed by atoms with Crippen molar-refractivity contribution in [3.63, 3.8) is 0 Å². The van der Waals surface area contributed by atoms with E-state index in [1.165, 1.54) is 18.2 Å². The normalized spacial score (nSPS) is 21.3. The minimum atomic E-state index is -4.70. The highest BCUT2D eigenvalue weighted by atomic mass is 35.5. The Labute approximate surface area is 147 Å². The number of nitrogens with one attached hydrogen (secondary N) is 1. The number of alkyl halides is 3. The number of carbonyl (C=O) groups is 1. The van der Waals surface area contributed by atoms with Crippen LogP contribution in [0.15, 0.2) is 54.6 Å². The van der Waals surface area contributed by atoms with Crippen molar-refractivity contribution in [3.05, 3.63) is 70.7 Å². The smallest absolute Gasteiger partial charge is 0.342 e. The Hall–Kier alpha value is -2.09. The first-order valence-corrected chi connectivity index (χ1v) is 7.78. The van der Waals surface area contributed by atoms with Gasteiger partial charge in [-0.05, 0) is 18.2 Å². The molecule has 1 saturated heterocycles. The summed E-state index contributed by atoms with van der Waals surface area (Å²) in [6, 6.07) is 13.9. The Morgan fingerprint density at radius 1 is 1.12 bits per heavy atom. The fourth-order valence-electron chi connectivity index (χ4n) is 2.69. The summed E-state index contributed by atoms with van der Waals surface area (Å²) in [5, 5.41) is 1.04. The molecule has 3 rings (SSSR count). The lowest BCUT2D eigenvalue weighted by Gasteiger charge is -2.31. The van der Waals surface area contributed by atoms with Gasteiger partial charge in [-0.15, -0.1) is 0 Å². The molecule has 0 bridgehead atoms. The van der Waals surface area contributed by atoms with Crippen molar-refractivity contribution in [3.8, 4) is 0 Å². The second-order valence-electron chi connectivity index (χ2n) is 5.58. The van der Waals surface area contributed by atoms with Gasteiger partial charge in [0.2, 0.25) is 5.60 Å². The van der Waals surface area contributed by atoms with Crippen LogP contribution in [0, 0.1) is 0 Å². The van der Waals surface area contributed by atoms with Crippen molar-refractivity contribution < 1.29 is 22.7 Å². The van der Waals surface area contributed by atoms with E-state index >= 15 is 0 Å². The molecule has 0 aliphatic carbocycles. The van der Waals surface area contributed by atoms with E-state index in [0.29, 0.717) is 5.56 Å². The minimum absolute atomic E-state index is 0.0453. The van der Waals surface area contributed by atoms with E-state index in [4.69, 9.17) is 16.3 Å². The van der Waals surface area contributed by atoms with Crippen LogP contribution in [0.3, 0.4) is 0 Å². The third-order valence-electron chi connectivity index (χ3n) is 3.94. The largest absolute Gasteiger partial charge is 0.423 e. The van der Waals surface area contributed by atoms with Crippen LogP contribution >= 0.6 is 11.6 Å². The Kier molecular flexibility index (Phi) is 4.73. The molecule has 1 aliphatic heterocycles. The van der Waals surface area contributed by atoms with E-state index in [0.717, 1.165) is 5.01 Å². The maximum atomic E-state index is 13.8. The average Bonchev–Trinajstić information content (AvgIpc) is 3.01. The van der Waals surface area contributed by atoms with Crippen molar-refractivity contribution in [1.82, 2.24) is 10.4 Å². The first-order chi connectivity index (χ1) is 11.8. The van der Waals surface area contributed by atoms with Crippen LogP contribution in [0.4, 0.5) is 13.2 Å². The molecule has 1 amide bonds. The number of rotatable bonds is 3. The molecule has 0 radical (unpaired) electrons. The Morgan fingerprint density at radius 3 is 2.40 bits per heavy atom. The van der Waals surface area contributed by atoms with Gasteiger partial charge in [0.25, 0.3) is 5.91 Å². The van der Waals surface area contributed by atoms with Gasteiger partial charge in [0, 0.05) is 16.1 Å². The summed E-state index contributed by atoms with van der Waals surface area (Å²) in [6.07, 6.45) is -4.70. The summed E-state index contributed by atoms with van der Waals surface area (Å²) in [4.78, 5) is 12.1. The molecule has 2 aromatic carbocycles. The van der Waals surface area contributed by atoms with Crippen LogP contribution in [-0.4, -0.2) is 30.4 Å². The highest BCUT2D eigenvalue weighted by Gasteiger charge is 2.62. The predicted octanol–water partition coefficient (Wildman–Crippen LogP) is 3.73. The molecule has 2 aromatic rings. The zero-order chi connectivity index (χ0) is 18.1. The van der Waals surface area contributed by atoms with Crippen LogP contribution in [0.25, 0.3) is 0 Å². The molecule has 0 aromatic heterocycles. The molecular formula is C17H14ClF3N2O2. The van der Waals surface area contributed by atoms with Gasteiger partial charge in [-0.1, -0.05) is 48.0 Å². The van der Waals surface area contributed by atoms with E-state index in [1.807, 2.05) is 0 Å². The second-order valence-corrected chi connectivity index (χ2v) is 5.99. The van der Waals surface area contributed by atoms with Gasteiger partial charge in [-0.2, -0.15) is 18.2 Å². The number of hydrogen-bond donors (Lipinski definition) is 1. The van der Waals surface area contributed by atoms with Crippen molar-refractivity contribution in [2.75, 3.05) is 13.3 Å². The van der Waals surface area contributed by atoms with Crippen LogP contribution < -0.4 is 5.43 Å². The highest BCUT2D eigenvalue weighted by molar-refractivity contribution is 6.31. The molecule has 1 aliphatic rings. The van der Waals surface area contributed by atoms with Crippen LogP contribution in [-0.2, 0) is 10.3 Å². The number of nitrogens with zero attached hydrogens (tertiary/aromatic N) is 1. The van der Waals surface area contributed by atoms with Gasteiger partial charge in [0.15, 0.2) is 0 Å². The maximum absolute atomic E-state index is 13.8. The molecule has 1 heterocycles. The summed E-state index contributed by atoms with van der Waals surface area (Å²) in [7, 11) is 0. The van der Waals surface area contributed by atoms with Crippen molar-refractivity contribution >= 4 is 17.5 Å². The SMILES string of the molecule is O=C(NN1COC(c2ccccc2Cl)(C(F)(F)F)C1)c1ccccc1. The van der Waals surface area contributed by atoms with E-state index < -0.39 is 31.0 Å². The van der Waals surface area contributed by atoms with Crippen LogP contribution in [0.2, 0.25) is 5.02 Å². The summed E-state index contributed by atoms with van der Waals surface area (Å²) in [5.74, 6) is -0.513. The molecule has 8 heteroatoms. The molecule has 1 N–H and O–H groups in total. The predicted molar refractivity (Wildman–Crippen MR) is 85.8 cm³/mol. The molecular weight excluding hydrogens is 357 g/mol. The van der Waals surface area contributed by atoms with Gasteiger partial charge in [-0.25, -0.2) is 0 Å². The molecule has 0 spiro atoms. The lowest BCUT2D eigenvalue weighted by atomic mass is 9.93. The molecule has 1 atom stereocenters. The average molecular weight is 371 g/mol. The van der Waals surface area contributed by atoms with E-state index in [1.54, 1.807) is 36.4 Å². The maximum Gasteiger partial charge on any atom is 0.423 e. The van der Waals surface area contributed by atoms with Gasteiger partial charge in [0.05, 0.1) is 6.54 Å². The van der Waals surface area contributed by atoms with Gasteiger partial charge >= 0.3 is 6.18 Å². The first kappa shape index (κ1) is 17.7. The fraction of sp³-hybridized carbons (Fsp3) is 0.235. The van der Waals surface area contributed by atoms with E-state index in [2.05, 4.69) is 5.43 Å². The standard InChI is InChI=1S/C17H14ClF3N2O2/c18-14-9-5-4-8-13(14)16(17(19,20)21)10-23(11-25-16)22-15(24)12-6-2-1-3-7-12/h1-9H,10-11H2,(H,22,24). The third kappa shape index (κ3) is 3.35. The van der Waals surface area contributed by atoms with Gasteiger partial charge < -0.3 is 4.74 Å². The first-order valence-electron chi connectivity index (χ1n) is 7.40. The van der Waals surface area contributed by atoms with E-state index in [-0.39, 0.29) is 10.6 Å². The zero-order valence-electron chi connectivity index (χ0n) is 12.9. The Morgan fingerprint density at radius 2 is 1.76 bits per heavy atom. The topological polar surface area (TPSA) is 41.6 Å². The highest BCUT2D eigenvalue weighted by Crippen LogP contribution is 2.47. The monoisotopic (exact) mass is 370 g/mol. The molecule has 1 fully saturated rings. The summed E-state index contributed by atoms with van der Waals surface area (Å²) < 4.78 is 46.5. The van der Waals surface area contributed by atoms with Crippen molar-refractivity contribution in [2.45, 2.75) is 11.8 Å². The third-order valence-corrected chi connectivity index (χ3v) is 4.27. The summed E-state index contributed by atoms with van der Waals surface area (Å²) >= 11 is 5.96. The second kappa shape index (κ2) is 6.67. The zero-order valence-corrected chi connectivity index (χ0v) is 13.6. The molecule has 4 nitrogen and oxygen atoms in total. The summed E-state index contributed by atoms with van der Waals surface area (Å²) in [6.45, 7) is -1.01. The number of hydrogen-bond acceptors (Lipinski definition) is 3. The fourth-order valence-corrected chi connectivity index (χ4v) is 2.98. The van der Waals surface area contributed by atoms with Crippen molar-refractivity contribution in [2.24, 2.45) is 0 Å². The molecule has 25 heavy (non-hydrogen) atoms. The lowest BCUT2D eigenvalue weighted by Crippen LogP contribution is -2.49. The number of ether oxygens (including phenoxy) is 1. The molecule has 1 unspecified atom stereocenters. The quantitative estimate of drug-likeness (QED) is 0.895. The van der Waals surface area contributed by atoms with Crippen LogP contribution in [0.5, 0.6) is 0 Å². The minimum Gasteiger partial charge on any atom is -0.342 e. The number of benzene rings is 2. The van der Waals surface area contributed by atoms with Gasteiger partial charge in [0.1, 0.15) is 6.73 Å². The van der Waals surface area contributed by atoms with Crippen molar-refractivity contribution in [1.29, 1.82) is 0 Å².